The summed E-state index contributed by atoms with van der Waals surface area (Å²) < 4.78 is 13.5. The molecule has 0 unspecified atom stereocenters. The monoisotopic (exact) mass is 292 g/mol. The van der Waals surface area contributed by atoms with Crippen LogP contribution < -0.4 is 10.2 Å². The molecule has 4 heteroatoms. The molecule has 0 saturated heterocycles. The van der Waals surface area contributed by atoms with E-state index in [1.165, 1.54) is 11.6 Å². The van der Waals surface area contributed by atoms with Gasteiger partial charge in [-0.15, -0.1) is 0 Å². The highest BCUT2D eigenvalue weighted by Gasteiger charge is 2.09. The van der Waals surface area contributed by atoms with Gasteiger partial charge in [0.1, 0.15) is 5.82 Å². The second-order valence-electron chi connectivity index (χ2n) is 4.94. The maximum Gasteiger partial charge on any atom is 0.123 e. The molecule has 0 fully saturated rings. The molecule has 20 heavy (non-hydrogen) atoms. The number of anilines is 1. The standard InChI is InChI=1S/C16H21FN2S/c1-3-7-18-10-14-9-15(17)4-5-16(14)19(2)11-13-6-8-20-12-13/h4-6,8-9,12,18H,3,7,10-11H2,1-2H3. The predicted octanol–water partition coefficient (Wildman–Crippen LogP) is 4.02. The Labute approximate surface area is 124 Å². The van der Waals surface area contributed by atoms with Gasteiger partial charge in [-0.25, -0.2) is 4.39 Å². The van der Waals surface area contributed by atoms with Gasteiger partial charge in [0.05, 0.1) is 0 Å². The number of hydrogen-bond acceptors (Lipinski definition) is 3. The third-order valence-electron chi connectivity index (χ3n) is 3.19. The van der Waals surface area contributed by atoms with Crippen molar-refractivity contribution in [1.82, 2.24) is 5.32 Å². The van der Waals surface area contributed by atoms with Crippen LogP contribution in [-0.4, -0.2) is 13.6 Å². The minimum atomic E-state index is -0.175. The average molecular weight is 292 g/mol. The van der Waals surface area contributed by atoms with Crippen LogP contribution in [0.25, 0.3) is 0 Å². The first-order chi connectivity index (χ1) is 9.70. The lowest BCUT2D eigenvalue weighted by Crippen LogP contribution is -2.21. The van der Waals surface area contributed by atoms with Gasteiger partial charge < -0.3 is 10.2 Å². The van der Waals surface area contributed by atoms with Gasteiger partial charge in [0.25, 0.3) is 0 Å². The van der Waals surface area contributed by atoms with Crippen molar-refractivity contribution in [2.24, 2.45) is 0 Å². The van der Waals surface area contributed by atoms with Gasteiger partial charge in [-0.2, -0.15) is 11.3 Å². The van der Waals surface area contributed by atoms with Gasteiger partial charge in [0, 0.05) is 25.8 Å². The molecule has 108 valence electrons. The Morgan fingerprint density at radius 3 is 2.85 bits per heavy atom. The summed E-state index contributed by atoms with van der Waals surface area (Å²) in [7, 11) is 2.05. The fourth-order valence-corrected chi connectivity index (χ4v) is 2.87. The Morgan fingerprint density at radius 1 is 1.30 bits per heavy atom. The van der Waals surface area contributed by atoms with Gasteiger partial charge in [0.15, 0.2) is 0 Å². The molecule has 1 N–H and O–H groups in total. The van der Waals surface area contributed by atoms with E-state index in [-0.39, 0.29) is 5.82 Å². The lowest BCUT2D eigenvalue weighted by molar-refractivity contribution is 0.618. The second kappa shape index (κ2) is 7.41. The molecule has 0 saturated carbocycles. The highest BCUT2D eigenvalue weighted by Crippen LogP contribution is 2.23. The highest BCUT2D eigenvalue weighted by molar-refractivity contribution is 7.07. The fourth-order valence-electron chi connectivity index (χ4n) is 2.21. The second-order valence-corrected chi connectivity index (χ2v) is 5.72. The molecule has 1 aromatic heterocycles. The summed E-state index contributed by atoms with van der Waals surface area (Å²) in [5.74, 6) is -0.175. The van der Waals surface area contributed by atoms with E-state index < -0.39 is 0 Å². The molecule has 0 bridgehead atoms. The lowest BCUT2D eigenvalue weighted by Gasteiger charge is -2.22. The van der Waals surface area contributed by atoms with Crippen LogP contribution in [0.2, 0.25) is 0 Å². The Balaban J connectivity index is 2.12. The summed E-state index contributed by atoms with van der Waals surface area (Å²) in [6, 6.07) is 7.15. The van der Waals surface area contributed by atoms with Gasteiger partial charge >= 0.3 is 0 Å². The first-order valence-electron chi connectivity index (χ1n) is 6.92. The lowest BCUT2D eigenvalue weighted by atomic mass is 10.1. The number of benzene rings is 1. The molecule has 0 amide bonds. The molecule has 2 nitrogen and oxygen atoms in total. The van der Waals surface area contributed by atoms with E-state index in [0.717, 1.165) is 30.8 Å². The van der Waals surface area contributed by atoms with Gasteiger partial charge in [0.2, 0.25) is 0 Å². The van der Waals surface area contributed by atoms with Crippen molar-refractivity contribution in [2.45, 2.75) is 26.4 Å². The number of rotatable bonds is 7. The zero-order chi connectivity index (χ0) is 14.4. The Bertz CT molecular complexity index is 525. The molecule has 0 atom stereocenters. The van der Waals surface area contributed by atoms with Crippen LogP contribution in [-0.2, 0) is 13.1 Å². The average Bonchev–Trinajstić information content (AvgIpc) is 2.92. The van der Waals surface area contributed by atoms with E-state index in [2.05, 4.69) is 34.0 Å². The number of halogens is 1. The number of nitrogens with one attached hydrogen (secondary N) is 1. The fraction of sp³-hybridized carbons (Fsp3) is 0.375. The highest BCUT2D eigenvalue weighted by atomic mass is 32.1. The quantitative estimate of drug-likeness (QED) is 0.775. The molecule has 2 aromatic rings. The summed E-state index contributed by atoms with van der Waals surface area (Å²) in [6.45, 7) is 4.62. The molecule has 0 radical (unpaired) electrons. The maximum absolute atomic E-state index is 13.5. The molecular weight excluding hydrogens is 271 g/mol. The van der Waals surface area contributed by atoms with E-state index in [1.54, 1.807) is 17.4 Å². The summed E-state index contributed by atoms with van der Waals surface area (Å²) in [6.07, 6.45) is 1.08. The van der Waals surface area contributed by atoms with E-state index in [0.29, 0.717) is 6.54 Å². The van der Waals surface area contributed by atoms with Crippen molar-refractivity contribution in [2.75, 3.05) is 18.5 Å². The van der Waals surface area contributed by atoms with Crippen molar-refractivity contribution in [3.8, 4) is 0 Å². The van der Waals surface area contributed by atoms with Gasteiger partial charge in [-0.3, -0.25) is 0 Å². The number of hydrogen-bond donors (Lipinski definition) is 1. The summed E-state index contributed by atoms with van der Waals surface area (Å²) in [5.41, 5.74) is 3.38. The Hall–Kier alpha value is -1.39. The summed E-state index contributed by atoms with van der Waals surface area (Å²) in [5, 5.41) is 7.57. The third-order valence-corrected chi connectivity index (χ3v) is 3.93. The number of thiophene rings is 1. The topological polar surface area (TPSA) is 15.3 Å². The van der Waals surface area contributed by atoms with Crippen LogP contribution in [0.5, 0.6) is 0 Å². The third kappa shape index (κ3) is 4.05. The predicted molar refractivity (Wildman–Crippen MR) is 84.8 cm³/mol. The smallest absolute Gasteiger partial charge is 0.123 e. The van der Waals surface area contributed by atoms with Crippen LogP contribution in [0.4, 0.5) is 10.1 Å². The molecule has 1 aromatic carbocycles. The normalized spacial score (nSPS) is 10.8. The largest absolute Gasteiger partial charge is 0.370 e. The van der Waals surface area contributed by atoms with Crippen molar-refractivity contribution in [3.63, 3.8) is 0 Å². The maximum atomic E-state index is 13.5. The van der Waals surface area contributed by atoms with Crippen LogP contribution in [0.15, 0.2) is 35.0 Å². The van der Waals surface area contributed by atoms with Crippen molar-refractivity contribution >= 4 is 17.0 Å². The molecule has 0 aliphatic heterocycles. The molecule has 0 aliphatic carbocycles. The summed E-state index contributed by atoms with van der Waals surface area (Å²) in [4.78, 5) is 2.17. The van der Waals surface area contributed by atoms with E-state index in [1.807, 2.05) is 13.1 Å². The first kappa shape index (κ1) is 15.0. The van der Waals surface area contributed by atoms with Gasteiger partial charge in [-0.1, -0.05) is 6.92 Å². The van der Waals surface area contributed by atoms with Crippen LogP contribution >= 0.6 is 11.3 Å². The molecule has 1 heterocycles. The minimum absolute atomic E-state index is 0.175. The zero-order valence-corrected chi connectivity index (χ0v) is 12.8. The summed E-state index contributed by atoms with van der Waals surface area (Å²) >= 11 is 1.70. The SMILES string of the molecule is CCCNCc1cc(F)ccc1N(C)Cc1ccsc1. The van der Waals surface area contributed by atoms with Crippen molar-refractivity contribution < 1.29 is 4.39 Å². The zero-order valence-electron chi connectivity index (χ0n) is 12.0. The van der Waals surface area contributed by atoms with Crippen molar-refractivity contribution in [1.29, 1.82) is 0 Å². The molecular formula is C16H21FN2S. The number of nitrogens with zero attached hydrogens (tertiary/aromatic N) is 1. The van der Waals surface area contributed by atoms with E-state index in [9.17, 15) is 4.39 Å². The van der Waals surface area contributed by atoms with Crippen LogP contribution in [0, 0.1) is 5.82 Å². The van der Waals surface area contributed by atoms with E-state index in [4.69, 9.17) is 0 Å². The van der Waals surface area contributed by atoms with Crippen LogP contribution in [0.3, 0.4) is 0 Å². The van der Waals surface area contributed by atoms with Crippen LogP contribution in [0.1, 0.15) is 24.5 Å². The molecule has 2 rings (SSSR count). The van der Waals surface area contributed by atoms with E-state index >= 15 is 0 Å². The minimum Gasteiger partial charge on any atom is -0.370 e. The Kier molecular flexibility index (Phi) is 5.56. The first-order valence-corrected chi connectivity index (χ1v) is 7.86. The van der Waals surface area contributed by atoms with Crippen molar-refractivity contribution in [3.05, 3.63) is 52.0 Å². The van der Waals surface area contributed by atoms with Gasteiger partial charge in [-0.05, 0) is 59.1 Å². The molecule has 0 aliphatic rings. The molecule has 0 spiro atoms. The Morgan fingerprint density at radius 2 is 2.15 bits per heavy atom.